The predicted molar refractivity (Wildman–Crippen MR) is 63.1 cm³/mol. The molecule has 0 aromatic heterocycles. The SMILES string of the molecule is Cc1ccc(C)c(C[C@@H](C)I)c1. The molecule has 0 bridgehead atoms. The van der Waals surface area contributed by atoms with Gasteiger partial charge in [-0.1, -0.05) is 53.3 Å². The summed E-state index contributed by atoms with van der Waals surface area (Å²) in [7, 11) is 0. The van der Waals surface area contributed by atoms with E-state index in [1.807, 2.05) is 0 Å². The highest BCUT2D eigenvalue weighted by atomic mass is 127. The van der Waals surface area contributed by atoms with E-state index in [0.717, 1.165) is 3.92 Å². The summed E-state index contributed by atoms with van der Waals surface area (Å²) in [6, 6.07) is 6.69. The van der Waals surface area contributed by atoms with E-state index >= 15 is 0 Å². The molecule has 0 aliphatic heterocycles. The zero-order valence-corrected chi connectivity index (χ0v) is 10.1. The molecule has 0 amide bonds. The summed E-state index contributed by atoms with van der Waals surface area (Å²) < 4.78 is 0.725. The van der Waals surface area contributed by atoms with Gasteiger partial charge in [-0.15, -0.1) is 0 Å². The maximum Gasteiger partial charge on any atom is 0.0122 e. The Balaban J connectivity index is 2.90. The molecule has 0 nitrogen and oxygen atoms in total. The van der Waals surface area contributed by atoms with Gasteiger partial charge in [0.15, 0.2) is 0 Å². The first-order chi connectivity index (χ1) is 5.59. The van der Waals surface area contributed by atoms with Crippen LogP contribution in [0.25, 0.3) is 0 Å². The first-order valence-electron chi connectivity index (χ1n) is 4.30. The van der Waals surface area contributed by atoms with E-state index in [4.69, 9.17) is 0 Å². The summed E-state index contributed by atoms with van der Waals surface area (Å²) in [5.41, 5.74) is 4.29. The number of aryl methyl sites for hydroxylation is 2. The smallest absolute Gasteiger partial charge is 0.0122 e. The zero-order valence-electron chi connectivity index (χ0n) is 7.89. The van der Waals surface area contributed by atoms with E-state index in [1.165, 1.54) is 23.1 Å². The lowest BCUT2D eigenvalue weighted by Crippen LogP contribution is -1.98. The first-order valence-corrected chi connectivity index (χ1v) is 5.54. The molecule has 12 heavy (non-hydrogen) atoms. The minimum atomic E-state index is 0.725. The van der Waals surface area contributed by atoms with Crippen molar-refractivity contribution < 1.29 is 0 Å². The number of hydrogen-bond acceptors (Lipinski definition) is 0. The van der Waals surface area contributed by atoms with Gasteiger partial charge in [0.25, 0.3) is 0 Å². The molecular weight excluding hydrogens is 259 g/mol. The molecule has 0 unspecified atom stereocenters. The van der Waals surface area contributed by atoms with Gasteiger partial charge in [0.1, 0.15) is 0 Å². The molecule has 66 valence electrons. The van der Waals surface area contributed by atoms with Crippen molar-refractivity contribution in [2.75, 3.05) is 0 Å². The number of hydrogen-bond donors (Lipinski definition) is 0. The molecule has 0 N–H and O–H groups in total. The fourth-order valence-corrected chi connectivity index (χ4v) is 1.80. The van der Waals surface area contributed by atoms with Crippen LogP contribution < -0.4 is 0 Å². The van der Waals surface area contributed by atoms with E-state index in [0.29, 0.717) is 0 Å². The van der Waals surface area contributed by atoms with Gasteiger partial charge < -0.3 is 0 Å². The van der Waals surface area contributed by atoms with Crippen molar-refractivity contribution in [1.29, 1.82) is 0 Å². The van der Waals surface area contributed by atoms with Crippen LogP contribution in [0, 0.1) is 13.8 Å². The van der Waals surface area contributed by atoms with Crippen molar-refractivity contribution in [3.63, 3.8) is 0 Å². The number of halogens is 1. The molecule has 0 fully saturated rings. The first kappa shape index (κ1) is 10.0. The van der Waals surface area contributed by atoms with Crippen molar-refractivity contribution in [1.82, 2.24) is 0 Å². The molecule has 1 atom stereocenters. The van der Waals surface area contributed by atoms with Gasteiger partial charge in [0.05, 0.1) is 0 Å². The molecule has 1 aromatic rings. The third-order valence-corrected chi connectivity index (χ3v) is 2.45. The largest absolute Gasteiger partial charge is 0.0826 e. The standard InChI is InChI=1S/C11H15I/c1-8-4-5-9(2)11(6-8)7-10(3)12/h4-6,10H,7H2,1-3H3/t10-/m1/s1. The van der Waals surface area contributed by atoms with Gasteiger partial charge >= 0.3 is 0 Å². The van der Waals surface area contributed by atoms with Gasteiger partial charge in [-0.2, -0.15) is 0 Å². The van der Waals surface area contributed by atoms with E-state index in [9.17, 15) is 0 Å². The monoisotopic (exact) mass is 274 g/mol. The molecule has 0 heterocycles. The predicted octanol–water partition coefficient (Wildman–Crippen LogP) is 3.67. The van der Waals surface area contributed by atoms with Crippen LogP contribution in [0.3, 0.4) is 0 Å². The van der Waals surface area contributed by atoms with Crippen LogP contribution in [-0.4, -0.2) is 3.92 Å². The van der Waals surface area contributed by atoms with Crippen molar-refractivity contribution >= 4 is 22.6 Å². The topological polar surface area (TPSA) is 0 Å². The van der Waals surface area contributed by atoms with Crippen LogP contribution in [0.4, 0.5) is 0 Å². The fraction of sp³-hybridized carbons (Fsp3) is 0.455. The van der Waals surface area contributed by atoms with Crippen LogP contribution in [0.5, 0.6) is 0 Å². The van der Waals surface area contributed by atoms with Crippen molar-refractivity contribution in [3.8, 4) is 0 Å². The third kappa shape index (κ3) is 2.77. The van der Waals surface area contributed by atoms with Crippen molar-refractivity contribution in [2.24, 2.45) is 0 Å². The summed E-state index contributed by atoms with van der Waals surface area (Å²) >= 11 is 2.47. The Morgan fingerprint density at radius 1 is 1.33 bits per heavy atom. The van der Waals surface area contributed by atoms with Crippen molar-refractivity contribution in [3.05, 3.63) is 34.9 Å². The summed E-state index contributed by atoms with van der Waals surface area (Å²) in [4.78, 5) is 0. The Labute approximate surface area is 88.5 Å². The van der Waals surface area contributed by atoms with E-state index in [-0.39, 0.29) is 0 Å². The number of alkyl halides is 1. The van der Waals surface area contributed by atoms with Crippen molar-refractivity contribution in [2.45, 2.75) is 31.1 Å². The van der Waals surface area contributed by atoms with Crippen LogP contribution in [0.1, 0.15) is 23.6 Å². The molecule has 1 aromatic carbocycles. The second kappa shape index (κ2) is 4.26. The van der Waals surface area contributed by atoms with E-state index in [2.05, 4.69) is 61.6 Å². The Morgan fingerprint density at radius 3 is 2.58 bits per heavy atom. The molecule has 0 saturated carbocycles. The summed E-state index contributed by atoms with van der Waals surface area (Å²) in [6.07, 6.45) is 1.19. The highest BCUT2D eigenvalue weighted by Crippen LogP contribution is 2.15. The Bertz CT molecular complexity index is 264. The molecular formula is C11H15I. The average molecular weight is 274 g/mol. The van der Waals surface area contributed by atoms with Crippen LogP contribution >= 0.6 is 22.6 Å². The number of benzene rings is 1. The Hall–Kier alpha value is -0.0500. The lowest BCUT2D eigenvalue weighted by molar-refractivity contribution is 0.962. The molecule has 0 spiro atoms. The molecule has 0 saturated heterocycles. The fourth-order valence-electron chi connectivity index (χ4n) is 1.32. The highest BCUT2D eigenvalue weighted by molar-refractivity contribution is 14.1. The van der Waals surface area contributed by atoms with Gasteiger partial charge in [-0.3, -0.25) is 0 Å². The highest BCUT2D eigenvalue weighted by Gasteiger charge is 2.01. The minimum absolute atomic E-state index is 0.725. The van der Waals surface area contributed by atoms with E-state index in [1.54, 1.807) is 0 Å². The molecule has 1 rings (SSSR count). The van der Waals surface area contributed by atoms with Gasteiger partial charge in [-0.25, -0.2) is 0 Å². The number of rotatable bonds is 2. The van der Waals surface area contributed by atoms with Crippen LogP contribution in [-0.2, 0) is 6.42 Å². The molecule has 1 heteroatoms. The van der Waals surface area contributed by atoms with Gasteiger partial charge in [0, 0.05) is 3.92 Å². The quantitative estimate of drug-likeness (QED) is 0.570. The Morgan fingerprint density at radius 2 is 2.00 bits per heavy atom. The zero-order chi connectivity index (χ0) is 9.14. The second-order valence-electron chi connectivity index (χ2n) is 3.41. The summed E-state index contributed by atoms with van der Waals surface area (Å²) in [5, 5.41) is 0. The van der Waals surface area contributed by atoms with Gasteiger partial charge in [0.2, 0.25) is 0 Å². The minimum Gasteiger partial charge on any atom is -0.0826 e. The average Bonchev–Trinajstić information content (AvgIpc) is 1.96. The summed E-state index contributed by atoms with van der Waals surface area (Å²) in [5.74, 6) is 0. The molecule has 0 radical (unpaired) electrons. The molecule has 0 aliphatic carbocycles. The van der Waals surface area contributed by atoms with E-state index < -0.39 is 0 Å². The normalized spacial score (nSPS) is 13.0. The lowest BCUT2D eigenvalue weighted by Gasteiger charge is -2.08. The second-order valence-corrected chi connectivity index (χ2v) is 5.54. The third-order valence-electron chi connectivity index (χ3n) is 2.01. The molecule has 0 aliphatic rings. The van der Waals surface area contributed by atoms with Crippen LogP contribution in [0.2, 0.25) is 0 Å². The Kier molecular flexibility index (Phi) is 3.56. The lowest BCUT2D eigenvalue weighted by atomic mass is 10.0. The maximum absolute atomic E-state index is 2.47. The summed E-state index contributed by atoms with van der Waals surface area (Å²) in [6.45, 7) is 6.59. The van der Waals surface area contributed by atoms with Gasteiger partial charge in [-0.05, 0) is 31.4 Å². The van der Waals surface area contributed by atoms with Crippen LogP contribution in [0.15, 0.2) is 18.2 Å². The maximum atomic E-state index is 2.47.